The zero-order valence-corrected chi connectivity index (χ0v) is 13.8. The van der Waals surface area contributed by atoms with Crippen molar-refractivity contribution >= 4 is 17.5 Å². The first-order valence-corrected chi connectivity index (χ1v) is 7.93. The number of benzene rings is 1. The molecule has 0 saturated heterocycles. The molecule has 0 heterocycles. The Morgan fingerprint density at radius 3 is 2.68 bits per heavy atom. The Kier molecular flexibility index (Phi) is 5.31. The van der Waals surface area contributed by atoms with Crippen molar-refractivity contribution < 1.29 is 9.53 Å². The number of likely N-dealkylation sites (N-methyl/N-ethyl adjacent to an activating group) is 1. The largest absolute Gasteiger partial charge is 0.484 e. The lowest BCUT2D eigenvalue weighted by Gasteiger charge is -2.38. The third kappa shape index (κ3) is 3.53. The van der Waals surface area contributed by atoms with Crippen molar-refractivity contribution in [3.63, 3.8) is 0 Å². The van der Waals surface area contributed by atoms with Gasteiger partial charge in [0.2, 0.25) is 0 Å². The number of carbonyl (C=O) groups is 1. The van der Waals surface area contributed by atoms with Crippen molar-refractivity contribution in [3.05, 3.63) is 28.8 Å². The van der Waals surface area contributed by atoms with Gasteiger partial charge in [-0.25, -0.2) is 0 Å². The number of ether oxygens (including phenoxy) is 1. The molecule has 5 heteroatoms. The average Bonchev–Trinajstić information content (AvgIpc) is 2.55. The molecule has 1 aromatic carbocycles. The molecule has 0 atom stereocenters. The van der Waals surface area contributed by atoms with E-state index in [2.05, 4.69) is 6.07 Å². The van der Waals surface area contributed by atoms with Crippen molar-refractivity contribution in [2.75, 3.05) is 13.7 Å². The third-order valence-electron chi connectivity index (χ3n) is 4.40. The van der Waals surface area contributed by atoms with Crippen LogP contribution < -0.4 is 4.74 Å². The van der Waals surface area contributed by atoms with Crippen molar-refractivity contribution in [2.24, 2.45) is 0 Å². The monoisotopic (exact) mass is 320 g/mol. The number of carbonyl (C=O) groups excluding carboxylic acids is 1. The highest BCUT2D eigenvalue weighted by Crippen LogP contribution is 2.32. The minimum absolute atomic E-state index is 0.0685. The maximum atomic E-state index is 12.4. The summed E-state index contributed by atoms with van der Waals surface area (Å²) < 4.78 is 5.55. The molecular formula is C17H21ClN2O2. The average molecular weight is 321 g/mol. The molecule has 0 radical (unpaired) electrons. The van der Waals surface area contributed by atoms with Gasteiger partial charge in [-0.15, -0.1) is 0 Å². The van der Waals surface area contributed by atoms with Gasteiger partial charge in [0.1, 0.15) is 11.3 Å². The fourth-order valence-electron chi connectivity index (χ4n) is 2.85. The molecule has 0 N–H and O–H groups in total. The quantitative estimate of drug-likeness (QED) is 0.849. The van der Waals surface area contributed by atoms with Crippen molar-refractivity contribution in [2.45, 2.75) is 44.6 Å². The molecule has 2 rings (SSSR count). The number of rotatable bonds is 4. The molecule has 0 aromatic heterocycles. The number of aryl methyl sites for hydroxylation is 1. The van der Waals surface area contributed by atoms with E-state index in [4.69, 9.17) is 16.3 Å². The first-order chi connectivity index (χ1) is 10.5. The maximum Gasteiger partial charge on any atom is 0.261 e. The van der Waals surface area contributed by atoms with Crippen LogP contribution in [-0.2, 0) is 4.79 Å². The number of nitrogens with zero attached hydrogens (tertiary/aromatic N) is 2. The SMILES string of the molecule is Cc1cc(OCC(=O)N(C)C2(C#N)CCCCC2)ccc1Cl. The topological polar surface area (TPSA) is 53.3 Å². The van der Waals surface area contributed by atoms with E-state index in [0.29, 0.717) is 10.8 Å². The Labute approximate surface area is 136 Å². The van der Waals surface area contributed by atoms with E-state index in [1.54, 1.807) is 30.1 Å². The zero-order chi connectivity index (χ0) is 16.2. The Bertz CT molecular complexity index is 589. The molecule has 0 spiro atoms. The number of hydrogen-bond acceptors (Lipinski definition) is 3. The summed E-state index contributed by atoms with van der Waals surface area (Å²) in [6, 6.07) is 7.63. The minimum atomic E-state index is -0.672. The van der Waals surface area contributed by atoms with E-state index < -0.39 is 5.54 Å². The zero-order valence-electron chi connectivity index (χ0n) is 13.1. The van der Waals surface area contributed by atoms with Gasteiger partial charge < -0.3 is 9.64 Å². The Balaban J connectivity index is 1.99. The van der Waals surface area contributed by atoms with Crippen LogP contribution in [0.1, 0.15) is 37.7 Å². The van der Waals surface area contributed by atoms with Gasteiger partial charge in [-0.3, -0.25) is 4.79 Å². The molecule has 1 amide bonds. The van der Waals surface area contributed by atoms with Gasteiger partial charge in [0.15, 0.2) is 6.61 Å². The van der Waals surface area contributed by atoms with E-state index in [0.717, 1.165) is 37.7 Å². The summed E-state index contributed by atoms with van der Waals surface area (Å²) in [5.41, 5.74) is 0.231. The number of hydrogen-bond donors (Lipinski definition) is 0. The van der Waals surface area contributed by atoms with Gasteiger partial charge in [-0.05, 0) is 43.5 Å². The second kappa shape index (κ2) is 7.02. The summed E-state index contributed by atoms with van der Waals surface area (Å²) in [5, 5.41) is 10.2. The molecule has 1 aliphatic rings. The minimum Gasteiger partial charge on any atom is -0.484 e. The fourth-order valence-corrected chi connectivity index (χ4v) is 2.96. The highest BCUT2D eigenvalue weighted by Gasteiger charge is 2.38. The van der Waals surface area contributed by atoms with Crippen LogP contribution in [0.4, 0.5) is 0 Å². The number of nitriles is 1. The molecule has 1 aromatic rings. The molecule has 22 heavy (non-hydrogen) atoms. The molecule has 0 bridgehead atoms. The van der Waals surface area contributed by atoms with Gasteiger partial charge in [0.25, 0.3) is 5.91 Å². The van der Waals surface area contributed by atoms with Crippen LogP contribution in [-0.4, -0.2) is 30.0 Å². The first-order valence-electron chi connectivity index (χ1n) is 7.55. The summed E-state index contributed by atoms with van der Waals surface area (Å²) in [6.45, 7) is 1.82. The van der Waals surface area contributed by atoms with E-state index in [1.807, 2.05) is 6.92 Å². The first kappa shape index (κ1) is 16.6. The predicted octanol–water partition coefficient (Wildman–Crippen LogP) is 3.71. The van der Waals surface area contributed by atoms with Crippen LogP contribution in [0.15, 0.2) is 18.2 Å². The van der Waals surface area contributed by atoms with E-state index in [-0.39, 0.29) is 12.5 Å². The van der Waals surface area contributed by atoms with Crippen LogP contribution >= 0.6 is 11.6 Å². The molecule has 1 fully saturated rings. The summed E-state index contributed by atoms with van der Waals surface area (Å²) in [4.78, 5) is 13.9. The lowest BCUT2D eigenvalue weighted by atomic mass is 9.81. The van der Waals surface area contributed by atoms with E-state index in [1.165, 1.54) is 0 Å². The highest BCUT2D eigenvalue weighted by molar-refractivity contribution is 6.31. The lowest BCUT2D eigenvalue weighted by Crippen LogP contribution is -2.51. The predicted molar refractivity (Wildman–Crippen MR) is 85.9 cm³/mol. The molecule has 118 valence electrons. The summed E-state index contributed by atoms with van der Waals surface area (Å²) >= 11 is 5.97. The summed E-state index contributed by atoms with van der Waals surface area (Å²) in [5.74, 6) is 0.439. The lowest BCUT2D eigenvalue weighted by molar-refractivity contribution is -0.137. The Hall–Kier alpha value is -1.73. The summed E-state index contributed by atoms with van der Waals surface area (Å²) in [7, 11) is 1.70. The van der Waals surface area contributed by atoms with Gasteiger partial charge in [0.05, 0.1) is 6.07 Å². The van der Waals surface area contributed by atoms with Crippen LogP contribution in [0.3, 0.4) is 0 Å². The maximum absolute atomic E-state index is 12.4. The van der Waals surface area contributed by atoms with E-state index >= 15 is 0 Å². The third-order valence-corrected chi connectivity index (χ3v) is 4.82. The second-order valence-electron chi connectivity index (χ2n) is 5.86. The highest BCUT2D eigenvalue weighted by atomic mass is 35.5. The standard InChI is InChI=1S/C17H21ClN2O2/c1-13-10-14(6-7-15(13)18)22-11-16(21)20(2)17(12-19)8-4-3-5-9-17/h6-7,10H,3-5,8-9,11H2,1-2H3. The molecule has 4 nitrogen and oxygen atoms in total. The Morgan fingerprint density at radius 2 is 2.09 bits per heavy atom. The molecule has 1 saturated carbocycles. The second-order valence-corrected chi connectivity index (χ2v) is 6.26. The molecule has 0 aliphatic heterocycles. The fraction of sp³-hybridized carbons (Fsp3) is 0.529. The van der Waals surface area contributed by atoms with Crippen LogP contribution in [0.25, 0.3) is 0 Å². The normalized spacial score (nSPS) is 16.6. The van der Waals surface area contributed by atoms with Gasteiger partial charge >= 0.3 is 0 Å². The smallest absolute Gasteiger partial charge is 0.261 e. The van der Waals surface area contributed by atoms with E-state index in [9.17, 15) is 10.1 Å². The summed E-state index contributed by atoms with van der Waals surface area (Å²) in [6.07, 6.45) is 4.59. The molecule has 0 unspecified atom stereocenters. The molecular weight excluding hydrogens is 300 g/mol. The van der Waals surface area contributed by atoms with Gasteiger partial charge in [-0.2, -0.15) is 5.26 Å². The van der Waals surface area contributed by atoms with Crippen LogP contribution in [0.5, 0.6) is 5.75 Å². The number of halogens is 1. The van der Waals surface area contributed by atoms with Gasteiger partial charge in [0, 0.05) is 12.1 Å². The van der Waals surface area contributed by atoms with Crippen molar-refractivity contribution in [3.8, 4) is 11.8 Å². The molecule has 1 aliphatic carbocycles. The van der Waals surface area contributed by atoms with Crippen LogP contribution in [0.2, 0.25) is 5.02 Å². The van der Waals surface area contributed by atoms with Crippen molar-refractivity contribution in [1.29, 1.82) is 5.26 Å². The van der Waals surface area contributed by atoms with Crippen molar-refractivity contribution in [1.82, 2.24) is 4.90 Å². The van der Waals surface area contributed by atoms with Crippen LogP contribution in [0, 0.1) is 18.3 Å². The van der Waals surface area contributed by atoms with Gasteiger partial charge in [-0.1, -0.05) is 30.9 Å². The Morgan fingerprint density at radius 1 is 1.41 bits per heavy atom. The number of amides is 1.